The highest BCUT2D eigenvalue weighted by atomic mass is 15.0. The maximum Gasteiger partial charge on any atom is 0.137 e. The van der Waals surface area contributed by atoms with Crippen molar-refractivity contribution in [3.8, 4) is 73.0 Å². The van der Waals surface area contributed by atoms with Crippen molar-refractivity contribution in [1.82, 2.24) is 23.3 Å². The summed E-state index contributed by atoms with van der Waals surface area (Å²) in [6, 6.07) is 78.5. The highest BCUT2D eigenvalue weighted by Gasteiger charge is 2.23. The molecule has 0 amide bonds. The zero-order valence-corrected chi connectivity index (χ0v) is 35.3. The summed E-state index contributed by atoms with van der Waals surface area (Å²) in [6.07, 6.45) is 6.22. The van der Waals surface area contributed by atoms with Crippen LogP contribution in [-0.2, 0) is 0 Å². The molecule has 13 rings (SSSR count). The van der Waals surface area contributed by atoms with Gasteiger partial charge in [-0.2, -0.15) is 0 Å². The number of hydrogen-bond donors (Lipinski definition) is 0. The molecular weight excluding hydrogens is 791 g/mol. The Balaban J connectivity index is 0.968. The van der Waals surface area contributed by atoms with Crippen molar-refractivity contribution in [2.24, 2.45) is 0 Å². The van der Waals surface area contributed by atoms with E-state index in [0.29, 0.717) is 0 Å². The van der Waals surface area contributed by atoms with E-state index < -0.39 is 0 Å². The fraction of sp³-hybridized carbons (Fsp3) is 0. The summed E-state index contributed by atoms with van der Waals surface area (Å²) in [5, 5.41) is 6.07. The van der Waals surface area contributed by atoms with Crippen LogP contribution in [0.1, 0.15) is 0 Å². The normalized spacial score (nSPS) is 11.7. The van der Waals surface area contributed by atoms with E-state index in [9.17, 15) is 0 Å². The minimum atomic E-state index is 0.922. The first-order valence-electron chi connectivity index (χ1n) is 22.1. The van der Waals surface area contributed by atoms with Gasteiger partial charge in [-0.15, -0.1) is 0 Å². The second-order valence-electron chi connectivity index (χ2n) is 16.7. The summed E-state index contributed by atoms with van der Waals surface area (Å²) in [4.78, 5) is 10.0. The van der Waals surface area contributed by atoms with Gasteiger partial charge >= 0.3 is 0 Å². The monoisotopic (exact) mass is 829 g/mol. The molecule has 0 fully saturated rings. The molecule has 0 spiro atoms. The Morgan fingerprint density at radius 2 is 0.954 bits per heavy atom. The molecule has 5 heteroatoms. The Hall–Kier alpha value is -8.80. The van der Waals surface area contributed by atoms with E-state index in [1.54, 1.807) is 0 Å². The van der Waals surface area contributed by atoms with Crippen LogP contribution in [0.4, 0.5) is 0 Å². The van der Waals surface area contributed by atoms with Gasteiger partial charge in [-0.05, 0) is 98.4 Å². The Morgan fingerprint density at radius 3 is 1.68 bits per heavy atom. The van der Waals surface area contributed by atoms with Gasteiger partial charge in [0.25, 0.3) is 0 Å². The van der Waals surface area contributed by atoms with Crippen molar-refractivity contribution >= 4 is 43.7 Å². The SMILES string of the molecule is c1ccc(-c2c(-c3ccccc3)n(-c3ccc(-c4nc5ccccn5c4-c4ccccc4)cc3)c3cc4ccc5cc(-c6ccc(-c7cn8ccccc8n7)cc6)ccc5c4cc23)cc1. The average Bonchev–Trinajstić information content (AvgIpc) is 4.09. The third kappa shape index (κ3) is 6.16. The lowest BCUT2D eigenvalue weighted by atomic mass is 9.94. The second-order valence-corrected chi connectivity index (χ2v) is 16.7. The number of rotatable bonds is 7. The van der Waals surface area contributed by atoms with Crippen LogP contribution in [0.3, 0.4) is 0 Å². The molecule has 0 aliphatic rings. The van der Waals surface area contributed by atoms with E-state index in [-0.39, 0.29) is 0 Å². The smallest absolute Gasteiger partial charge is 0.137 e. The average molecular weight is 830 g/mol. The molecule has 0 atom stereocenters. The van der Waals surface area contributed by atoms with Gasteiger partial charge in [0, 0.05) is 51.9 Å². The number of fused-ring (bicyclic) bond motifs is 6. The summed E-state index contributed by atoms with van der Waals surface area (Å²) >= 11 is 0. The Kier molecular flexibility index (Phi) is 8.46. The first-order valence-corrected chi connectivity index (χ1v) is 22.1. The summed E-state index contributed by atoms with van der Waals surface area (Å²) in [7, 11) is 0. The second kappa shape index (κ2) is 14.9. The van der Waals surface area contributed by atoms with Crippen LogP contribution >= 0.6 is 0 Å². The fourth-order valence-corrected chi connectivity index (χ4v) is 9.80. The number of imidazole rings is 2. The van der Waals surface area contributed by atoms with Crippen LogP contribution in [0.25, 0.3) is 117 Å². The molecule has 0 aliphatic carbocycles. The van der Waals surface area contributed by atoms with Gasteiger partial charge in [0.1, 0.15) is 11.3 Å². The lowest BCUT2D eigenvalue weighted by molar-refractivity contribution is 1.14. The van der Waals surface area contributed by atoms with Gasteiger partial charge in [0.05, 0.1) is 28.3 Å². The topological polar surface area (TPSA) is 39.5 Å². The van der Waals surface area contributed by atoms with Crippen LogP contribution < -0.4 is 0 Å². The van der Waals surface area contributed by atoms with Crippen molar-refractivity contribution < 1.29 is 0 Å². The number of nitrogens with zero attached hydrogens (tertiary/aromatic N) is 5. The van der Waals surface area contributed by atoms with Gasteiger partial charge in [0.2, 0.25) is 0 Å². The first kappa shape index (κ1) is 36.8. The number of pyridine rings is 2. The molecule has 304 valence electrons. The Labute approximate surface area is 375 Å². The molecule has 5 nitrogen and oxygen atoms in total. The molecule has 0 saturated heterocycles. The molecule has 0 aliphatic heterocycles. The molecule has 5 aromatic heterocycles. The molecule has 0 saturated carbocycles. The maximum absolute atomic E-state index is 5.18. The molecule has 0 unspecified atom stereocenters. The molecule has 0 N–H and O–H groups in total. The predicted octanol–water partition coefficient (Wildman–Crippen LogP) is 15.2. The first-order chi connectivity index (χ1) is 32.2. The molecule has 8 aromatic carbocycles. The number of aromatic nitrogens is 5. The van der Waals surface area contributed by atoms with E-state index in [1.165, 1.54) is 49.2 Å². The van der Waals surface area contributed by atoms with E-state index in [1.807, 2.05) is 30.5 Å². The van der Waals surface area contributed by atoms with Gasteiger partial charge < -0.3 is 8.97 Å². The highest BCUT2D eigenvalue weighted by molar-refractivity contribution is 6.17. The quantitative estimate of drug-likeness (QED) is 0.150. The largest absolute Gasteiger partial charge is 0.309 e. The van der Waals surface area contributed by atoms with Crippen molar-refractivity contribution in [2.75, 3.05) is 0 Å². The lowest BCUT2D eigenvalue weighted by Gasteiger charge is -2.14. The lowest BCUT2D eigenvalue weighted by Crippen LogP contribution is -1.98. The minimum Gasteiger partial charge on any atom is -0.309 e. The van der Waals surface area contributed by atoms with Crippen LogP contribution in [0.15, 0.2) is 237 Å². The summed E-state index contributed by atoms with van der Waals surface area (Å²) < 4.78 is 6.71. The Bertz CT molecular complexity index is 3870. The van der Waals surface area contributed by atoms with Crippen LogP contribution in [-0.4, -0.2) is 23.3 Å². The van der Waals surface area contributed by atoms with Crippen LogP contribution in [0, 0.1) is 0 Å². The number of benzene rings is 8. The van der Waals surface area contributed by atoms with Crippen molar-refractivity contribution in [2.45, 2.75) is 0 Å². The van der Waals surface area contributed by atoms with Crippen molar-refractivity contribution in [3.05, 3.63) is 237 Å². The highest BCUT2D eigenvalue weighted by Crippen LogP contribution is 2.45. The molecule has 13 aromatic rings. The zero-order valence-electron chi connectivity index (χ0n) is 35.3. The van der Waals surface area contributed by atoms with Crippen LogP contribution in [0.5, 0.6) is 0 Å². The van der Waals surface area contributed by atoms with Crippen molar-refractivity contribution in [1.29, 1.82) is 0 Å². The molecule has 65 heavy (non-hydrogen) atoms. The van der Waals surface area contributed by atoms with E-state index in [4.69, 9.17) is 9.97 Å². The van der Waals surface area contributed by atoms with Gasteiger partial charge in [-0.25, -0.2) is 9.97 Å². The Morgan fingerprint density at radius 1 is 0.354 bits per heavy atom. The molecular formula is C60H39N5. The molecule has 0 bridgehead atoms. The minimum absolute atomic E-state index is 0.922. The van der Waals surface area contributed by atoms with E-state index in [2.05, 4.69) is 220 Å². The van der Waals surface area contributed by atoms with Gasteiger partial charge in [0.15, 0.2) is 0 Å². The summed E-state index contributed by atoms with van der Waals surface area (Å²) in [5.74, 6) is 0. The molecule has 0 radical (unpaired) electrons. The third-order valence-electron chi connectivity index (χ3n) is 12.9. The van der Waals surface area contributed by atoms with Gasteiger partial charge in [-0.3, -0.25) is 4.40 Å². The van der Waals surface area contributed by atoms with Crippen LogP contribution in [0.2, 0.25) is 0 Å². The molecule has 5 heterocycles. The summed E-state index contributed by atoms with van der Waals surface area (Å²) in [5.41, 5.74) is 17.5. The van der Waals surface area contributed by atoms with E-state index in [0.717, 1.165) is 67.5 Å². The summed E-state index contributed by atoms with van der Waals surface area (Å²) in [6.45, 7) is 0. The standard InChI is InChI=1S/C60H39N5/c1-4-14-42(15-5-1)57-52-38-51-48(27-26-47-36-46(30-33-50(47)51)40-22-24-41(25-23-40)53-39-63-34-12-10-20-55(63)61-53)37-54(52)65(59(57)44-16-6-2-7-17-44)49-31-28-43(29-32-49)58-60(45-18-8-3-9-19-45)64-35-13-11-21-56(64)62-58/h1-39H. The zero-order chi connectivity index (χ0) is 42.8. The maximum atomic E-state index is 5.18. The predicted molar refractivity (Wildman–Crippen MR) is 268 cm³/mol. The van der Waals surface area contributed by atoms with Gasteiger partial charge in [-0.1, -0.05) is 164 Å². The third-order valence-corrected chi connectivity index (χ3v) is 12.9. The number of hydrogen-bond acceptors (Lipinski definition) is 2. The fourth-order valence-electron chi connectivity index (χ4n) is 9.80. The van der Waals surface area contributed by atoms with E-state index >= 15 is 0 Å². The van der Waals surface area contributed by atoms with Crippen molar-refractivity contribution in [3.63, 3.8) is 0 Å².